The summed E-state index contributed by atoms with van der Waals surface area (Å²) >= 11 is 0. The first-order chi connectivity index (χ1) is 11.5. The predicted octanol–water partition coefficient (Wildman–Crippen LogP) is 2.34. The Balaban J connectivity index is 1.93. The minimum Gasteiger partial charge on any atom is -0.378 e. The number of nitro benzene ring substituents is 2. The van der Waals surface area contributed by atoms with Crippen molar-refractivity contribution in [1.82, 2.24) is 5.32 Å². The molecule has 0 unspecified atom stereocenters. The molecule has 9 nitrogen and oxygen atoms in total. The molecule has 1 amide bonds. The van der Waals surface area contributed by atoms with E-state index in [0.29, 0.717) is 5.56 Å². The maximum Gasteiger partial charge on any atom is 0.299 e. The Bertz CT molecular complexity index is 764. The summed E-state index contributed by atoms with van der Waals surface area (Å²) < 4.78 is 0. The fourth-order valence-electron chi connectivity index (χ4n) is 2.00. The fraction of sp³-hybridized carbons (Fsp3) is 0.133. The lowest BCUT2D eigenvalue weighted by Crippen LogP contribution is -2.28. The van der Waals surface area contributed by atoms with Gasteiger partial charge in [-0.05, 0) is 18.2 Å². The Morgan fingerprint density at radius 1 is 0.958 bits per heavy atom. The lowest BCUT2D eigenvalue weighted by atomic mass is 10.2. The summed E-state index contributed by atoms with van der Waals surface area (Å²) in [6, 6.07) is 12.0. The van der Waals surface area contributed by atoms with Crippen LogP contribution < -0.4 is 10.6 Å². The molecule has 0 saturated heterocycles. The number of anilines is 1. The highest BCUT2D eigenvalue weighted by atomic mass is 16.6. The number of carbonyl (C=O) groups is 1. The summed E-state index contributed by atoms with van der Waals surface area (Å²) in [5, 5.41) is 27.1. The molecular weight excluding hydrogens is 316 g/mol. The average Bonchev–Trinajstić information content (AvgIpc) is 2.59. The number of hydrogen-bond acceptors (Lipinski definition) is 6. The van der Waals surface area contributed by atoms with Gasteiger partial charge in [0, 0.05) is 24.7 Å². The van der Waals surface area contributed by atoms with Crippen molar-refractivity contribution in [2.75, 3.05) is 18.4 Å². The molecule has 0 spiro atoms. The monoisotopic (exact) mass is 330 g/mol. The molecule has 124 valence electrons. The van der Waals surface area contributed by atoms with Crippen LogP contribution in [0.1, 0.15) is 10.4 Å². The van der Waals surface area contributed by atoms with Crippen molar-refractivity contribution in [1.29, 1.82) is 0 Å². The van der Waals surface area contributed by atoms with Crippen LogP contribution in [-0.2, 0) is 0 Å². The van der Waals surface area contributed by atoms with Gasteiger partial charge in [-0.1, -0.05) is 18.2 Å². The number of hydrogen-bond donors (Lipinski definition) is 2. The minimum atomic E-state index is -0.698. The normalized spacial score (nSPS) is 10.0. The second-order valence-electron chi connectivity index (χ2n) is 4.76. The smallest absolute Gasteiger partial charge is 0.299 e. The van der Waals surface area contributed by atoms with E-state index in [1.54, 1.807) is 30.3 Å². The minimum absolute atomic E-state index is 0.152. The number of nitrogens with zero attached hydrogens (tertiary/aromatic N) is 2. The molecule has 2 N–H and O–H groups in total. The Hall–Kier alpha value is -3.49. The number of benzene rings is 2. The Labute approximate surface area is 136 Å². The van der Waals surface area contributed by atoms with Gasteiger partial charge in [0.25, 0.3) is 17.3 Å². The number of nitro groups is 2. The molecule has 0 saturated carbocycles. The van der Waals surface area contributed by atoms with E-state index in [0.717, 1.165) is 6.07 Å². The molecule has 0 bridgehead atoms. The molecule has 0 radical (unpaired) electrons. The van der Waals surface area contributed by atoms with Gasteiger partial charge in [-0.15, -0.1) is 0 Å². The van der Waals surface area contributed by atoms with Crippen LogP contribution >= 0.6 is 0 Å². The van der Waals surface area contributed by atoms with Crippen molar-refractivity contribution >= 4 is 23.0 Å². The highest BCUT2D eigenvalue weighted by Gasteiger charge is 2.19. The van der Waals surface area contributed by atoms with E-state index in [9.17, 15) is 25.0 Å². The molecule has 0 heterocycles. The SMILES string of the molecule is O=C(NCCNc1ccc([N+](=O)[O-])cc1[N+](=O)[O-])c1ccccc1. The molecular formula is C15H14N4O5. The van der Waals surface area contributed by atoms with Crippen molar-refractivity contribution in [3.63, 3.8) is 0 Å². The predicted molar refractivity (Wildman–Crippen MR) is 87.0 cm³/mol. The molecule has 0 atom stereocenters. The molecule has 0 fully saturated rings. The number of rotatable bonds is 7. The van der Waals surface area contributed by atoms with Gasteiger partial charge < -0.3 is 10.6 Å². The van der Waals surface area contributed by atoms with Crippen molar-refractivity contribution in [3.05, 3.63) is 74.3 Å². The van der Waals surface area contributed by atoms with Crippen LogP contribution in [0, 0.1) is 20.2 Å². The number of amides is 1. The van der Waals surface area contributed by atoms with Crippen molar-refractivity contribution < 1.29 is 14.6 Å². The maximum atomic E-state index is 11.8. The van der Waals surface area contributed by atoms with E-state index in [2.05, 4.69) is 10.6 Å². The number of carbonyl (C=O) groups excluding carboxylic acids is 1. The lowest BCUT2D eigenvalue weighted by Gasteiger charge is -2.08. The third kappa shape index (κ3) is 4.26. The van der Waals surface area contributed by atoms with E-state index in [-0.39, 0.29) is 30.4 Å². The number of non-ortho nitro benzene ring substituents is 1. The van der Waals surface area contributed by atoms with E-state index >= 15 is 0 Å². The topological polar surface area (TPSA) is 127 Å². The first-order valence-corrected chi connectivity index (χ1v) is 6.99. The van der Waals surface area contributed by atoms with E-state index in [1.807, 2.05) is 0 Å². The molecule has 0 aliphatic carbocycles. The van der Waals surface area contributed by atoms with Crippen LogP contribution in [0.25, 0.3) is 0 Å². The molecule has 0 aliphatic heterocycles. The highest BCUT2D eigenvalue weighted by molar-refractivity contribution is 5.94. The summed E-state index contributed by atoms with van der Waals surface area (Å²) in [5.74, 6) is -0.254. The van der Waals surface area contributed by atoms with Gasteiger partial charge in [0.1, 0.15) is 5.69 Å². The van der Waals surface area contributed by atoms with Crippen LogP contribution in [0.4, 0.5) is 17.1 Å². The Kier molecular flexibility index (Phi) is 5.40. The summed E-state index contributed by atoms with van der Waals surface area (Å²) in [6.07, 6.45) is 0. The third-order valence-electron chi connectivity index (χ3n) is 3.15. The molecule has 9 heteroatoms. The van der Waals surface area contributed by atoms with E-state index in [4.69, 9.17) is 0 Å². The van der Waals surface area contributed by atoms with Crippen molar-refractivity contribution in [2.45, 2.75) is 0 Å². The molecule has 2 aromatic rings. The standard InChI is InChI=1S/C15H14N4O5/c20-15(11-4-2-1-3-5-11)17-9-8-16-13-7-6-12(18(21)22)10-14(13)19(23)24/h1-7,10,16H,8-9H2,(H,17,20). The molecule has 2 rings (SSSR count). The van der Waals surface area contributed by atoms with E-state index in [1.165, 1.54) is 12.1 Å². The second-order valence-corrected chi connectivity index (χ2v) is 4.76. The molecule has 24 heavy (non-hydrogen) atoms. The van der Waals surface area contributed by atoms with Gasteiger partial charge in [-0.2, -0.15) is 0 Å². The van der Waals surface area contributed by atoms with Crippen molar-refractivity contribution in [2.24, 2.45) is 0 Å². The zero-order chi connectivity index (χ0) is 17.5. The third-order valence-corrected chi connectivity index (χ3v) is 3.15. The summed E-state index contributed by atoms with van der Waals surface area (Å²) in [4.78, 5) is 32.1. The summed E-state index contributed by atoms with van der Waals surface area (Å²) in [7, 11) is 0. The summed E-state index contributed by atoms with van der Waals surface area (Å²) in [5.41, 5.74) is -0.0819. The molecule has 2 aromatic carbocycles. The average molecular weight is 330 g/mol. The van der Waals surface area contributed by atoms with Crippen molar-refractivity contribution in [3.8, 4) is 0 Å². The van der Waals surface area contributed by atoms with Gasteiger partial charge in [-0.3, -0.25) is 25.0 Å². The van der Waals surface area contributed by atoms with Gasteiger partial charge in [-0.25, -0.2) is 0 Å². The lowest BCUT2D eigenvalue weighted by molar-refractivity contribution is -0.393. The highest BCUT2D eigenvalue weighted by Crippen LogP contribution is 2.28. The molecule has 0 aromatic heterocycles. The van der Waals surface area contributed by atoms with Gasteiger partial charge >= 0.3 is 0 Å². The zero-order valence-electron chi connectivity index (χ0n) is 12.5. The van der Waals surface area contributed by atoms with Crippen LogP contribution in [0.3, 0.4) is 0 Å². The van der Waals surface area contributed by atoms with Crippen LogP contribution in [0.5, 0.6) is 0 Å². The summed E-state index contributed by atoms with van der Waals surface area (Å²) in [6.45, 7) is 0.471. The zero-order valence-corrected chi connectivity index (χ0v) is 12.5. The van der Waals surface area contributed by atoms with Gasteiger partial charge in [0.15, 0.2) is 0 Å². The second kappa shape index (κ2) is 7.68. The van der Waals surface area contributed by atoms with Crippen LogP contribution in [0.15, 0.2) is 48.5 Å². The Morgan fingerprint density at radius 3 is 2.29 bits per heavy atom. The molecule has 0 aliphatic rings. The quantitative estimate of drug-likeness (QED) is 0.455. The fourth-order valence-corrected chi connectivity index (χ4v) is 2.00. The first kappa shape index (κ1) is 16.9. The van der Waals surface area contributed by atoms with E-state index < -0.39 is 15.5 Å². The van der Waals surface area contributed by atoms with Crippen LogP contribution in [-0.4, -0.2) is 28.8 Å². The van der Waals surface area contributed by atoms with Gasteiger partial charge in [0.05, 0.1) is 15.9 Å². The largest absolute Gasteiger partial charge is 0.378 e. The van der Waals surface area contributed by atoms with Crippen LogP contribution in [0.2, 0.25) is 0 Å². The Morgan fingerprint density at radius 2 is 1.67 bits per heavy atom. The maximum absolute atomic E-state index is 11.8. The number of nitrogens with one attached hydrogen (secondary N) is 2. The first-order valence-electron chi connectivity index (χ1n) is 6.99. The van der Waals surface area contributed by atoms with Gasteiger partial charge in [0.2, 0.25) is 0 Å².